The molecule has 31 heavy (non-hydrogen) atoms. The van der Waals surface area contributed by atoms with Crippen LogP contribution in [-0.2, 0) is 23.0 Å². The van der Waals surface area contributed by atoms with Crippen LogP contribution in [0.25, 0.3) is 0 Å². The van der Waals surface area contributed by atoms with Crippen LogP contribution in [0.2, 0.25) is 0 Å². The normalized spacial score (nSPS) is 11.3. The summed E-state index contributed by atoms with van der Waals surface area (Å²) in [6, 6.07) is 9.83. The Labute approximate surface area is 182 Å². The topological polar surface area (TPSA) is 113 Å². The summed E-state index contributed by atoms with van der Waals surface area (Å²) in [4.78, 5) is 15.9. The maximum Gasteiger partial charge on any atom is 0.338 e. The average Bonchev–Trinajstić information content (AvgIpc) is 3.25. The zero-order valence-corrected chi connectivity index (χ0v) is 18.3. The van der Waals surface area contributed by atoms with Gasteiger partial charge in [-0.15, -0.1) is 0 Å². The molecule has 0 atom stereocenters. The smallest absolute Gasteiger partial charge is 0.338 e. The number of para-hydroxylation sites is 1. The lowest BCUT2D eigenvalue weighted by Crippen LogP contribution is -2.18. The molecule has 1 aromatic heterocycles. The van der Waals surface area contributed by atoms with Crippen LogP contribution < -0.4 is 10.0 Å². The van der Waals surface area contributed by atoms with Crippen molar-refractivity contribution in [3.05, 3.63) is 71.8 Å². The number of aromatic carboxylic acids is 1. The third-order valence-corrected chi connectivity index (χ3v) is 6.48. The largest absolute Gasteiger partial charge is 0.478 e. The van der Waals surface area contributed by atoms with Crippen LogP contribution in [0, 0.1) is 6.92 Å². The van der Waals surface area contributed by atoms with E-state index in [2.05, 4.69) is 15.0 Å². The standard InChI is InChI=1S/C22H26N4O4S/c1-3-17-9-10-19(21(16(17)2)22(27)28)25-31(29,30)20-8-5-4-7-18(20)24-11-6-13-26-14-12-23-15-26/h4-5,7-10,12,14-15,24-25H,3,6,11,13H2,1-2H3,(H,27,28). The van der Waals surface area contributed by atoms with Gasteiger partial charge in [0.25, 0.3) is 10.0 Å². The number of benzene rings is 2. The molecule has 164 valence electrons. The van der Waals surface area contributed by atoms with Gasteiger partial charge in [-0.2, -0.15) is 0 Å². The van der Waals surface area contributed by atoms with Crippen LogP contribution in [0.5, 0.6) is 0 Å². The molecule has 8 nitrogen and oxygen atoms in total. The Morgan fingerprint density at radius 3 is 2.61 bits per heavy atom. The van der Waals surface area contributed by atoms with Crippen molar-refractivity contribution in [1.82, 2.24) is 9.55 Å². The zero-order chi connectivity index (χ0) is 22.4. The number of aromatic nitrogens is 2. The van der Waals surface area contributed by atoms with Crippen molar-refractivity contribution in [2.24, 2.45) is 0 Å². The molecule has 0 fully saturated rings. The number of carboxylic acids is 1. The van der Waals surface area contributed by atoms with Gasteiger partial charge in [-0.25, -0.2) is 18.2 Å². The lowest BCUT2D eigenvalue weighted by atomic mass is 9.99. The van der Waals surface area contributed by atoms with E-state index in [-0.39, 0.29) is 16.1 Å². The Morgan fingerprint density at radius 2 is 1.94 bits per heavy atom. The Bertz CT molecular complexity index is 1160. The lowest BCUT2D eigenvalue weighted by molar-refractivity contribution is 0.0697. The highest BCUT2D eigenvalue weighted by molar-refractivity contribution is 7.92. The predicted molar refractivity (Wildman–Crippen MR) is 120 cm³/mol. The summed E-state index contributed by atoms with van der Waals surface area (Å²) in [5.41, 5.74) is 1.90. The van der Waals surface area contributed by atoms with E-state index in [4.69, 9.17) is 0 Å². The highest BCUT2D eigenvalue weighted by Crippen LogP contribution is 2.28. The summed E-state index contributed by atoms with van der Waals surface area (Å²) >= 11 is 0. The van der Waals surface area contributed by atoms with E-state index >= 15 is 0 Å². The molecule has 0 amide bonds. The lowest BCUT2D eigenvalue weighted by Gasteiger charge is -2.17. The highest BCUT2D eigenvalue weighted by Gasteiger charge is 2.23. The molecule has 9 heteroatoms. The molecule has 0 bridgehead atoms. The van der Waals surface area contributed by atoms with Crippen molar-refractivity contribution in [3.63, 3.8) is 0 Å². The third-order valence-electron chi connectivity index (χ3n) is 5.06. The van der Waals surface area contributed by atoms with Crippen LogP contribution in [0.15, 0.2) is 60.0 Å². The van der Waals surface area contributed by atoms with Gasteiger partial charge in [-0.1, -0.05) is 25.1 Å². The fourth-order valence-electron chi connectivity index (χ4n) is 3.45. The summed E-state index contributed by atoms with van der Waals surface area (Å²) in [7, 11) is -4.01. The summed E-state index contributed by atoms with van der Waals surface area (Å²) in [5.74, 6) is -1.17. The number of carboxylic acid groups (broad SMARTS) is 1. The quantitative estimate of drug-likeness (QED) is 0.412. The van der Waals surface area contributed by atoms with E-state index in [1.807, 2.05) is 17.7 Å². The first-order valence-electron chi connectivity index (χ1n) is 10.0. The molecular weight excluding hydrogens is 416 g/mol. The fourth-order valence-corrected chi connectivity index (χ4v) is 4.71. The highest BCUT2D eigenvalue weighted by atomic mass is 32.2. The van der Waals surface area contributed by atoms with E-state index < -0.39 is 16.0 Å². The molecule has 0 radical (unpaired) electrons. The monoisotopic (exact) mass is 442 g/mol. The van der Waals surface area contributed by atoms with Crippen LogP contribution in [0.4, 0.5) is 11.4 Å². The third kappa shape index (κ3) is 5.24. The number of anilines is 2. The van der Waals surface area contributed by atoms with Crippen LogP contribution >= 0.6 is 0 Å². The Balaban J connectivity index is 1.81. The van der Waals surface area contributed by atoms with E-state index in [1.165, 1.54) is 12.1 Å². The second kappa shape index (κ2) is 9.65. The van der Waals surface area contributed by atoms with Crippen molar-refractivity contribution in [1.29, 1.82) is 0 Å². The van der Waals surface area contributed by atoms with Crippen LogP contribution in [-0.4, -0.2) is 35.6 Å². The minimum Gasteiger partial charge on any atom is -0.478 e. The van der Waals surface area contributed by atoms with Gasteiger partial charge in [0.15, 0.2) is 0 Å². The number of imidazole rings is 1. The van der Waals surface area contributed by atoms with Crippen LogP contribution in [0.1, 0.15) is 34.8 Å². The predicted octanol–water partition coefficient (Wildman–Crippen LogP) is 3.76. The van der Waals surface area contributed by atoms with Gasteiger partial charge in [0.1, 0.15) is 4.90 Å². The van der Waals surface area contributed by atoms with Crippen molar-refractivity contribution >= 4 is 27.4 Å². The molecular formula is C22H26N4O4S. The minimum atomic E-state index is -4.01. The van der Waals surface area contributed by atoms with Gasteiger partial charge in [0, 0.05) is 25.5 Å². The molecule has 0 aliphatic rings. The molecule has 1 heterocycles. The number of nitrogens with one attached hydrogen (secondary N) is 2. The molecule has 0 saturated carbocycles. The van der Waals surface area contributed by atoms with E-state index in [9.17, 15) is 18.3 Å². The molecule has 3 aromatic rings. The number of hydrogen-bond donors (Lipinski definition) is 3. The van der Waals surface area contributed by atoms with Gasteiger partial charge >= 0.3 is 5.97 Å². The van der Waals surface area contributed by atoms with Crippen molar-refractivity contribution < 1.29 is 18.3 Å². The van der Waals surface area contributed by atoms with Gasteiger partial charge in [-0.3, -0.25) is 4.72 Å². The van der Waals surface area contributed by atoms with E-state index in [0.29, 0.717) is 24.2 Å². The molecule has 0 spiro atoms. The number of aryl methyl sites for hydroxylation is 2. The van der Waals surface area contributed by atoms with Gasteiger partial charge < -0.3 is 15.0 Å². The Morgan fingerprint density at radius 1 is 1.16 bits per heavy atom. The number of sulfonamides is 1. The van der Waals surface area contributed by atoms with Gasteiger partial charge in [0.2, 0.25) is 0 Å². The number of carbonyl (C=O) groups is 1. The van der Waals surface area contributed by atoms with Crippen molar-refractivity contribution in [2.45, 2.75) is 38.1 Å². The number of rotatable bonds is 10. The maximum absolute atomic E-state index is 13.1. The van der Waals surface area contributed by atoms with Crippen molar-refractivity contribution in [2.75, 3.05) is 16.6 Å². The second-order valence-corrected chi connectivity index (χ2v) is 8.76. The van der Waals surface area contributed by atoms with Crippen LogP contribution in [0.3, 0.4) is 0 Å². The molecule has 3 rings (SSSR count). The summed E-state index contributed by atoms with van der Waals surface area (Å²) in [6.45, 7) is 4.93. The molecule has 0 saturated heterocycles. The summed E-state index contributed by atoms with van der Waals surface area (Å²) in [5, 5.41) is 12.8. The van der Waals surface area contributed by atoms with Gasteiger partial charge in [0.05, 0.1) is 23.3 Å². The summed E-state index contributed by atoms with van der Waals surface area (Å²) in [6.07, 6.45) is 6.74. The molecule has 2 aromatic carbocycles. The minimum absolute atomic E-state index is 0.0336. The van der Waals surface area contributed by atoms with E-state index in [1.54, 1.807) is 43.7 Å². The van der Waals surface area contributed by atoms with Crippen molar-refractivity contribution in [3.8, 4) is 0 Å². The van der Waals surface area contributed by atoms with E-state index in [0.717, 1.165) is 18.5 Å². The summed E-state index contributed by atoms with van der Waals surface area (Å²) < 4.78 is 30.7. The first-order chi connectivity index (χ1) is 14.8. The van der Waals surface area contributed by atoms with Gasteiger partial charge in [-0.05, 0) is 49.1 Å². The zero-order valence-electron chi connectivity index (χ0n) is 17.5. The molecule has 0 aliphatic carbocycles. The molecule has 0 aliphatic heterocycles. The first kappa shape index (κ1) is 22.4. The molecule has 3 N–H and O–H groups in total. The Hall–Kier alpha value is -3.33. The molecule has 0 unspecified atom stereocenters. The number of hydrogen-bond acceptors (Lipinski definition) is 5. The fraction of sp³-hybridized carbons (Fsp3) is 0.273. The maximum atomic E-state index is 13.1. The Kier molecular flexibility index (Phi) is 6.96. The second-order valence-electron chi connectivity index (χ2n) is 7.11. The first-order valence-corrected chi connectivity index (χ1v) is 11.5. The average molecular weight is 443 g/mol. The number of nitrogens with zero attached hydrogens (tertiary/aromatic N) is 2. The SMILES string of the molecule is CCc1ccc(NS(=O)(=O)c2ccccc2NCCCn2ccnc2)c(C(=O)O)c1C.